The number of nitrogens with zero attached hydrogens (tertiary/aromatic N) is 5. The van der Waals surface area contributed by atoms with E-state index in [1.807, 2.05) is 0 Å². The molecule has 3 rings (SSSR count). The van der Waals surface area contributed by atoms with Crippen LogP contribution in [0, 0.1) is 0 Å². The molecule has 7 nitrogen and oxygen atoms in total. The van der Waals surface area contributed by atoms with E-state index in [0.717, 1.165) is 13.1 Å². The van der Waals surface area contributed by atoms with Gasteiger partial charge in [-0.05, 0) is 26.5 Å². The van der Waals surface area contributed by atoms with Gasteiger partial charge in [-0.1, -0.05) is 0 Å². The number of hydrogen-bond acceptors (Lipinski definition) is 7. The molecule has 0 amide bonds. The van der Waals surface area contributed by atoms with Crippen LogP contribution in [0.4, 0.5) is 38.2 Å². The minimum absolute atomic E-state index is 0.110. The summed E-state index contributed by atoms with van der Waals surface area (Å²) in [4.78, 5) is 19.8. The van der Waals surface area contributed by atoms with Crippen LogP contribution in [0.2, 0.25) is 0 Å². The number of rotatable bonds is 8. The molecule has 182 valence electrons. The first-order valence-corrected chi connectivity index (χ1v) is 10.4. The van der Waals surface area contributed by atoms with E-state index in [-0.39, 0.29) is 49.1 Å². The molecule has 1 aromatic heterocycles. The van der Waals surface area contributed by atoms with Crippen molar-refractivity contribution in [3.8, 4) is 0 Å². The maximum Gasteiger partial charge on any atom is 0.282 e. The summed E-state index contributed by atoms with van der Waals surface area (Å²) in [5, 5.41) is 5.60. The highest BCUT2D eigenvalue weighted by Crippen LogP contribution is 2.37. The maximum absolute atomic E-state index is 13.7. The average Bonchev–Trinajstić information content (AvgIpc) is 3.20. The number of nitrogens with one attached hydrogen (secondary N) is 2. The number of aromatic nitrogens is 3. The van der Waals surface area contributed by atoms with Crippen LogP contribution in [0.1, 0.15) is 58.2 Å². The van der Waals surface area contributed by atoms with Gasteiger partial charge < -0.3 is 10.6 Å². The van der Waals surface area contributed by atoms with Crippen molar-refractivity contribution in [1.29, 1.82) is 0 Å². The van der Waals surface area contributed by atoms with Crippen LogP contribution in [-0.2, 0) is 0 Å². The summed E-state index contributed by atoms with van der Waals surface area (Å²) in [5.74, 6) is -9.30. The third-order valence-electron chi connectivity index (χ3n) is 5.48. The van der Waals surface area contributed by atoms with Gasteiger partial charge in [-0.25, -0.2) is 31.3 Å². The zero-order valence-electron chi connectivity index (χ0n) is 18.2. The van der Waals surface area contributed by atoms with Crippen molar-refractivity contribution in [3.05, 3.63) is 12.0 Å². The third-order valence-corrected chi connectivity index (χ3v) is 5.48. The Hall–Kier alpha value is -2.73. The number of aliphatic imine (C=N–C) groups is 2. The summed E-state index contributed by atoms with van der Waals surface area (Å²) < 4.78 is 81.7. The Kier molecular flexibility index (Phi) is 6.99. The van der Waals surface area contributed by atoms with Crippen LogP contribution in [0.15, 0.2) is 16.2 Å². The molecule has 2 N–H and O–H groups in total. The minimum Gasteiger partial charge on any atom is -0.351 e. The van der Waals surface area contributed by atoms with Gasteiger partial charge in [-0.15, -0.1) is 0 Å². The minimum atomic E-state index is -3.24. The van der Waals surface area contributed by atoms with Crippen LogP contribution in [-0.4, -0.2) is 57.2 Å². The molecule has 2 unspecified atom stereocenters. The highest BCUT2D eigenvalue weighted by molar-refractivity contribution is 5.92. The first-order valence-electron chi connectivity index (χ1n) is 10.4. The number of halogens is 6. The lowest BCUT2D eigenvalue weighted by atomic mass is 10.2. The Bertz CT molecular complexity index is 895. The molecule has 0 saturated heterocycles. The normalized spacial score (nSPS) is 25.2. The van der Waals surface area contributed by atoms with Crippen molar-refractivity contribution in [2.24, 2.45) is 9.98 Å². The molecule has 0 radical (unpaired) electrons. The van der Waals surface area contributed by atoms with E-state index in [2.05, 4.69) is 42.3 Å². The lowest BCUT2D eigenvalue weighted by molar-refractivity contribution is 0.00781. The molecule has 0 aliphatic heterocycles. The van der Waals surface area contributed by atoms with Crippen molar-refractivity contribution in [3.63, 3.8) is 0 Å². The highest BCUT2D eigenvalue weighted by Gasteiger charge is 2.41. The Balaban J connectivity index is 1.95. The van der Waals surface area contributed by atoms with Gasteiger partial charge in [0.15, 0.2) is 5.82 Å². The standard InChI is InChI=1S/C20H25F6N7/c1-11(18(2,21)22)28-14(10-27-3)15-31-16(29-12-4-6-19(23,24)8-12)33-17(32-15)30-13-5-7-20(25,26)9-13/h10,12-13H,3-9H2,1-2H3,(H2,29,30,31,32,33)/b14-10-,28-11?. The number of hydrogen-bond donors (Lipinski definition) is 2. The zero-order chi connectivity index (χ0) is 24.4. The molecular formula is C20H25F6N7. The molecule has 1 aromatic rings. The number of alkyl halides is 6. The van der Waals surface area contributed by atoms with Crippen molar-refractivity contribution in [2.45, 2.75) is 82.2 Å². The van der Waals surface area contributed by atoms with Crippen LogP contribution in [0.25, 0.3) is 5.70 Å². The lowest BCUT2D eigenvalue weighted by Gasteiger charge is -2.17. The quantitative estimate of drug-likeness (QED) is 0.398. The molecule has 0 bridgehead atoms. The largest absolute Gasteiger partial charge is 0.351 e. The molecule has 2 fully saturated rings. The van der Waals surface area contributed by atoms with Crippen LogP contribution >= 0.6 is 0 Å². The fourth-order valence-electron chi connectivity index (χ4n) is 3.63. The first kappa shape index (κ1) is 24.9. The van der Waals surface area contributed by atoms with E-state index in [0.29, 0.717) is 6.92 Å². The van der Waals surface area contributed by atoms with Gasteiger partial charge in [0, 0.05) is 44.7 Å². The van der Waals surface area contributed by atoms with E-state index in [4.69, 9.17) is 0 Å². The molecule has 0 spiro atoms. The molecular weight excluding hydrogens is 452 g/mol. The second-order valence-electron chi connectivity index (χ2n) is 8.47. The Morgan fingerprint density at radius 2 is 1.48 bits per heavy atom. The van der Waals surface area contributed by atoms with Gasteiger partial charge in [0.1, 0.15) is 5.70 Å². The maximum atomic E-state index is 13.7. The average molecular weight is 477 g/mol. The van der Waals surface area contributed by atoms with Crippen LogP contribution < -0.4 is 10.6 Å². The van der Waals surface area contributed by atoms with Crippen molar-refractivity contribution >= 4 is 30.0 Å². The molecule has 2 saturated carbocycles. The molecule has 13 heteroatoms. The van der Waals surface area contributed by atoms with Gasteiger partial charge in [-0.2, -0.15) is 15.0 Å². The summed E-state index contributed by atoms with van der Waals surface area (Å²) in [6.07, 6.45) is -0.0596. The zero-order valence-corrected chi connectivity index (χ0v) is 18.2. The molecule has 0 aromatic carbocycles. The summed E-state index contributed by atoms with van der Waals surface area (Å²) in [6.45, 7) is 5.06. The van der Waals surface area contributed by atoms with E-state index < -0.39 is 48.4 Å². The van der Waals surface area contributed by atoms with Gasteiger partial charge in [0.25, 0.3) is 5.92 Å². The molecule has 2 atom stereocenters. The van der Waals surface area contributed by atoms with E-state index in [1.54, 1.807) is 0 Å². The van der Waals surface area contributed by atoms with Gasteiger partial charge in [-0.3, -0.25) is 4.99 Å². The smallest absolute Gasteiger partial charge is 0.282 e. The predicted octanol–water partition coefficient (Wildman–Crippen LogP) is 5.19. The third kappa shape index (κ3) is 6.87. The van der Waals surface area contributed by atoms with E-state index >= 15 is 0 Å². The second kappa shape index (κ2) is 9.26. The Morgan fingerprint density at radius 3 is 1.85 bits per heavy atom. The van der Waals surface area contributed by atoms with Gasteiger partial charge >= 0.3 is 0 Å². The molecule has 33 heavy (non-hydrogen) atoms. The Labute approximate surface area is 186 Å². The van der Waals surface area contributed by atoms with Crippen molar-refractivity contribution in [2.75, 3.05) is 10.6 Å². The first-order chi connectivity index (χ1) is 15.3. The van der Waals surface area contributed by atoms with E-state index in [9.17, 15) is 26.3 Å². The van der Waals surface area contributed by atoms with Crippen molar-refractivity contribution < 1.29 is 26.3 Å². The summed E-state index contributed by atoms with van der Waals surface area (Å²) in [5.41, 5.74) is -0.723. The lowest BCUT2D eigenvalue weighted by Crippen LogP contribution is -2.24. The van der Waals surface area contributed by atoms with Crippen LogP contribution in [0.3, 0.4) is 0 Å². The molecule has 2 aliphatic carbocycles. The molecule has 2 aliphatic rings. The van der Waals surface area contributed by atoms with Gasteiger partial charge in [0.2, 0.25) is 23.7 Å². The highest BCUT2D eigenvalue weighted by atomic mass is 19.3. The Morgan fingerprint density at radius 1 is 1.00 bits per heavy atom. The predicted molar refractivity (Wildman–Crippen MR) is 114 cm³/mol. The monoisotopic (exact) mass is 477 g/mol. The summed E-state index contributed by atoms with van der Waals surface area (Å²) in [6, 6.07) is -1.26. The van der Waals surface area contributed by atoms with Crippen LogP contribution in [0.5, 0.6) is 0 Å². The fraction of sp³-hybridized carbons (Fsp3) is 0.650. The van der Waals surface area contributed by atoms with E-state index in [1.165, 1.54) is 0 Å². The van der Waals surface area contributed by atoms with Gasteiger partial charge in [0.05, 0.1) is 11.9 Å². The topological polar surface area (TPSA) is 87.5 Å². The summed E-state index contributed by atoms with van der Waals surface area (Å²) >= 11 is 0. The van der Waals surface area contributed by atoms with Crippen molar-refractivity contribution in [1.82, 2.24) is 15.0 Å². The number of anilines is 2. The molecule has 1 heterocycles. The second-order valence-corrected chi connectivity index (χ2v) is 8.47. The summed E-state index contributed by atoms with van der Waals surface area (Å²) in [7, 11) is 0. The fourth-order valence-corrected chi connectivity index (χ4v) is 3.63. The SMILES string of the molecule is C=N/C=C(\N=C(C)C(C)(F)F)c1nc(NC2CCC(F)(F)C2)nc(NC2CCC(F)(F)C2)n1.